The minimum Gasteiger partial charge on any atom is -0.507 e. The van der Waals surface area contributed by atoms with E-state index in [0.717, 1.165) is 27.7 Å². The molecule has 0 aliphatic heterocycles. The van der Waals surface area contributed by atoms with Crippen LogP contribution in [0.5, 0.6) is 5.75 Å². The largest absolute Gasteiger partial charge is 0.507 e. The maximum atomic E-state index is 9.83. The van der Waals surface area contributed by atoms with Gasteiger partial charge in [-0.05, 0) is 38.0 Å². The third-order valence-electron chi connectivity index (χ3n) is 2.64. The van der Waals surface area contributed by atoms with Gasteiger partial charge in [0.15, 0.2) is 0 Å². The quantitative estimate of drug-likeness (QED) is 0.634. The van der Waals surface area contributed by atoms with Crippen molar-refractivity contribution in [3.63, 3.8) is 0 Å². The number of H-pyrrole nitrogens is 1. The van der Waals surface area contributed by atoms with Gasteiger partial charge < -0.3 is 10.1 Å². The number of rotatable bonds is 0. The van der Waals surface area contributed by atoms with Crippen LogP contribution in [0.25, 0.3) is 10.9 Å². The van der Waals surface area contributed by atoms with Gasteiger partial charge in [-0.3, -0.25) is 0 Å². The summed E-state index contributed by atoms with van der Waals surface area (Å²) in [5.74, 6) is 0.402. The highest BCUT2D eigenvalue weighted by atomic mass is 16.3. The molecule has 68 valence electrons. The molecular weight excluding hydrogens is 162 g/mol. The van der Waals surface area contributed by atoms with Crippen LogP contribution in [0.2, 0.25) is 0 Å². The second-order valence-corrected chi connectivity index (χ2v) is 3.53. The number of nitrogens with one attached hydrogen (secondary N) is 1. The van der Waals surface area contributed by atoms with Crippen molar-refractivity contribution in [3.05, 3.63) is 29.0 Å². The fourth-order valence-electron chi connectivity index (χ4n) is 1.66. The fourth-order valence-corrected chi connectivity index (χ4v) is 1.66. The zero-order valence-corrected chi connectivity index (χ0v) is 8.10. The lowest BCUT2D eigenvalue weighted by molar-refractivity contribution is 0.477. The van der Waals surface area contributed by atoms with Crippen LogP contribution in [0, 0.1) is 20.8 Å². The first kappa shape index (κ1) is 8.17. The van der Waals surface area contributed by atoms with E-state index in [0.29, 0.717) is 5.75 Å². The van der Waals surface area contributed by atoms with E-state index >= 15 is 0 Å². The molecule has 0 aliphatic carbocycles. The van der Waals surface area contributed by atoms with Crippen molar-refractivity contribution < 1.29 is 5.11 Å². The molecule has 2 aromatic rings. The highest BCUT2D eigenvalue weighted by Crippen LogP contribution is 2.31. The Morgan fingerprint density at radius 2 is 1.85 bits per heavy atom. The van der Waals surface area contributed by atoms with Crippen molar-refractivity contribution in [2.24, 2.45) is 0 Å². The van der Waals surface area contributed by atoms with E-state index < -0.39 is 0 Å². The number of aromatic nitrogens is 1. The predicted octanol–water partition coefficient (Wildman–Crippen LogP) is 2.80. The molecule has 13 heavy (non-hydrogen) atoms. The summed E-state index contributed by atoms with van der Waals surface area (Å²) in [5.41, 5.74) is 4.19. The molecule has 2 heteroatoms. The summed E-state index contributed by atoms with van der Waals surface area (Å²) >= 11 is 0. The van der Waals surface area contributed by atoms with E-state index in [-0.39, 0.29) is 0 Å². The van der Waals surface area contributed by atoms with Crippen LogP contribution >= 0.6 is 0 Å². The molecule has 0 unspecified atom stereocenters. The molecule has 1 aromatic heterocycles. The predicted molar refractivity (Wildman–Crippen MR) is 54.2 cm³/mol. The Morgan fingerprint density at radius 3 is 2.54 bits per heavy atom. The molecule has 0 radical (unpaired) electrons. The van der Waals surface area contributed by atoms with Gasteiger partial charge in [-0.25, -0.2) is 0 Å². The van der Waals surface area contributed by atoms with Gasteiger partial charge in [-0.2, -0.15) is 0 Å². The van der Waals surface area contributed by atoms with Crippen LogP contribution in [0.15, 0.2) is 12.1 Å². The smallest absolute Gasteiger partial charge is 0.128 e. The molecule has 0 atom stereocenters. The van der Waals surface area contributed by atoms with E-state index in [1.165, 1.54) is 0 Å². The summed E-state index contributed by atoms with van der Waals surface area (Å²) in [5, 5.41) is 10.8. The summed E-state index contributed by atoms with van der Waals surface area (Å²) in [4.78, 5) is 3.23. The molecule has 0 bridgehead atoms. The fraction of sp³-hybridized carbons (Fsp3) is 0.273. The molecule has 0 saturated heterocycles. The molecule has 0 saturated carbocycles. The van der Waals surface area contributed by atoms with Crippen LogP contribution in [-0.2, 0) is 0 Å². The Balaban J connectivity index is 2.97. The first-order chi connectivity index (χ1) is 6.11. The zero-order chi connectivity index (χ0) is 9.59. The molecule has 2 nitrogen and oxygen atoms in total. The Labute approximate surface area is 77.2 Å². The normalized spacial score (nSPS) is 11.0. The first-order valence-electron chi connectivity index (χ1n) is 4.38. The first-order valence-corrected chi connectivity index (χ1v) is 4.38. The van der Waals surface area contributed by atoms with E-state index in [9.17, 15) is 5.11 Å². The lowest BCUT2D eigenvalue weighted by Gasteiger charge is -2.00. The maximum Gasteiger partial charge on any atom is 0.128 e. The number of aromatic amines is 1. The molecule has 0 spiro atoms. The Hall–Kier alpha value is -1.44. The third kappa shape index (κ3) is 1.02. The summed E-state index contributed by atoms with van der Waals surface area (Å²) in [6.45, 7) is 5.95. The molecule has 0 amide bonds. The summed E-state index contributed by atoms with van der Waals surface area (Å²) < 4.78 is 0. The second kappa shape index (κ2) is 2.52. The van der Waals surface area contributed by atoms with Crippen molar-refractivity contribution in [3.8, 4) is 5.75 Å². The Kier molecular flexibility index (Phi) is 1.59. The van der Waals surface area contributed by atoms with Crippen LogP contribution in [0.1, 0.15) is 16.8 Å². The monoisotopic (exact) mass is 175 g/mol. The summed E-state index contributed by atoms with van der Waals surface area (Å²) in [6, 6.07) is 3.93. The zero-order valence-electron chi connectivity index (χ0n) is 8.10. The van der Waals surface area contributed by atoms with Crippen LogP contribution in [0.4, 0.5) is 0 Å². The maximum absolute atomic E-state index is 9.83. The van der Waals surface area contributed by atoms with Crippen LogP contribution < -0.4 is 0 Å². The molecule has 1 aromatic carbocycles. The molecule has 0 fully saturated rings. The highest BCUT2D eigenvalue weighted by Gasteiger charge is 2.09. The molecular formula is C11H13NO. The van der Waals surface area contributed by atoms with Crippen molar-refractivity contribution >= 4 is 10.9 Å². The number of aromatic hydroxyl groups is 1. The number of fused-ring (bicyclic) bond motifs is 1. The number of aryl methyl sites for hydroxylation is 3. The number of hydrogen-bond acceptors (Lipinski definition) is 1. The van der Waals surface area contributed by atoms with E-state index in [1.54, 1.807) is 0 Å². The molecule has 2 N–H and O–H groups in total. The van der Waals surface area contributed by atoms with Crippen molar-refractivity contribution in [2.45, 2.75) is 20.8 Å². The second-order valence-electron chi connectivity index (χ2n) is 3.53. The Bertz CT molecular complexity index is 468. The average molecular weight is 175 g/mol. The van der Waals surface area contributed by atoms with Gasteiger partial charge in [0, 0.05) is 16.6 Å². The van der Waals surface area contributed by atoms with Crippen LogP contribution in [0.3, 0.4) is 0 Å². The van der Waals surface area contributed by atoms with E-state index in [2.05, 4.69) is 4.98 Å². The van der Waals surface area contributed by atoms with Gasteiger partial charge >= 0.3 is 0 Å². The van der Waals surface area contributed by atoms with Gasteiger partial charge in [0.2, 0.25) is 0 Å². The SMILES string of the molecule is Cc1ccc2[nH]c(C)c(C)c2c1O. The highest BCUT2D eigenvalue weighted by molar-refractivity contribution is 5.91. The van der Waals surface area contributed by atoms with E-state index in [4.69, 9.17) is 0 Å². The summed E-state index contributed by atoms with van der Waals surface area (Å²) in [6.07, 6.45) is 0. The number of hydrogen-bond donors (Lipinski definition) is 2. The van der Waals surface area contributed by atoms with Gasteiger partial charge in [-0.15, -0.1) is 0 Å². The Morgan fingerprint density at radius 1 is 1.15 bits per heavy atom. The average Bonchev–Trinajstić information content (AvgIpc) is 2.37. The van der Waals surface area contributed by atoms with Gasteiger partial charge in [0.05, 0.1) is 0 Å². The van der Waals surface area contributed by atoms with Gasteiger partial charge in [0.1, 0.15) is 5.75 Å². The van der Waals surface area contributed by atoms with Gasteiger partial charge in [-0.1, -0.05) is 6.07 Å². The standard InChI is InChI=1S/C11H13NO/c1-6-4-5-9-10(11(6)13)7(2)8(3)12-9/h4-5,12-13H,1-3H3. The number of benzene rings is 1. The van der Waals surface area contributed by atoms with Crippen molar-refractivity contribution in [2.75, 3.05) is 0 Å². The third-order valence-corrected chi connectivity index (χ3v) is 2.64. The van der Waals surface area contributed by atoms with Gasteiger partial charge in [0.25, 0.3) is 0 Å². The minimum absolute atomic E-state index is 0.402. The minimum atomic E-state index is 0.402. The summed E-state index contributed by atoms with van der Waals surface area (Å²) in [7, 11) is 0. The lowest BCUT2D eigenvalue weighted by Crippen LogP contribution is -1.77. The van der Waals surface area contributed by atoms with E-state index in [1.807, 2.05) is 32.9 Å². The molecule has 2 rings (SSSR count). The van der Waals surface area contributed by atoms with Crippen molar-refractivity contribution in [1.82, 2.24) is 4.98 Å². The molecule has 0 aliphatic rings. The number of phenols is 1. The lowest BCUT2D eigenvalue weighted by atomic mass is 10.1. The molecule has 1 heterocycles. The number of phenolic OH excluding ortho intramolecular Hbond substituents is 1. The van der Waals surface area contributed by atoms with Crippen LogP contribution in [-0.4, -0.2) is 10.1 Å². The topological polar surface area (TPSA) is 36.0 Å². The van der Waals surface area contributed by atoms with Crippen molar-refractivity contribution in [1.29, 1.82) is 0 Å².